The molecule has 2 rings (SSSR count). The van der Waals surface area contributed by atoms with Crippen LogP contribution in [-0.4, -0.2) is 37.6 Å². The minimum Gasteiger partial charge on any atom is -0.497 e. The van der Waals surface area contributed by atoms with Crippen molar-refractivity contribution in [2.75, 3.05) is 27.7 Å². The third-order valence-corrected chi connectivity index (χ3v) is 3.21. The standard InChI is InChI=1S/C16H22N2O/c1-18(2)10-4-5-13-11-16(17-12-13)14-6-8-15(19-3)9-7-14/h6-9,11-12,17H,4-5,10H2,1-3H3. The Labute approximate surface area is 115 Å². The van der Waals surface area contributed by atoms with Crippen LogP contribution in [0.4, 0.5) is 0 Å². The zero-order chi connectivity index (χ0) is 13.7. The molecule has 1 aromatic carbocycles. The Morgan fingerprint density at radius 3 is 2.53 bits per heavy atom. The summed E-state index contributed by atoms with van der Waals surface area (Å²) in [4.78, 5) is 5.56. The monoisotopic (exact) mass is 258 g/mol. The molecule has 1 N–H and O–H groups in total. The molecule has 0 aliphatic heterocycles. The number of hydrogen-bond donors (Lipinski definition) is 1. The van der Waals surface area contributed by atoms with E-state index >= 15 is 0 Å². The van der Waals surface area contributed by atoms with Gasteiger partial charge in [-0.2, -0.15) is 0 Å². The normalized spacial score (nSPS) is 10.9. The lowest BCUT2D eigenvalue weighted by Crippen LogP contribution is -2.13. The highest BCUT2D eigenvalue weighted by Crippen LogP contribution is 2.22. The lowest BCUT2D eigenvalue weighted by molar-refractivity contribution is 0.400. The average molecular weight is 258 g/mol. The summed E-state index contributed by atoms with van der Waals surface area (Å²) in [5.74, 6) is 0.890. The van der Waals surface area contributed by atoms with Crippen LogP contribution in [0.3, 0.4) is 0 Å². The fraction of sp³-hybridized carbons (Fsp3) is 0.375. The van der Waals surface area contributed by atoms with Crippen LogP contribution >= 0.6 is 0 Å². The predicted octanol–water partition coefficient (Wildman–Crippen LogP) is 3.18. The number of aryl methyl sites for hydroxylation is 1. The van der Waals surface area contributed by atoms with Crippen molar-refractivity contribution in [3.05, 3.63) is 42.1 Å². The van der Waals surface area contributed by atoms with E-state index in [1.165, 1.54) is 23.2 Å². The van der Waals surface area contributed by atoms with Crippen LogP contribution < -0.4 is 4.74 Å². The van der Waals surface area contributed by atoms with Gasteiger partial charge in [0.1, 0.15) is 5.75 Å². The van der Waals surface area contributed by atoms with E-state index in [2.05, 4.69) is 48.4 Å². The van der Waals surface area contributed by atoms with Crippen molar-refractivity contribution in [3.8, 4) is 17.0 Å². The second-order valence-corrected chi connectivity index (χ2v) is 5.06. The lowest BCUT2D eigenvalue weighted by Gasteiger charge is -2.07. The van der Waals surface area contributed by atoms with Gasteiger partial charge in [0, 0.05) is 11.9 Å². The van der Waals surface area contributed by atoms with Crippen LogP contribution in [0, 0.1) is 0 Å². The molecule has 102 valence electrons. The summed E-state index contributed by atoms with van der Waals surface area (Å²) >= 11 is 0. The molecule has 0 unspecified atom stereocenters. The molecule has 3 nitrogen and oxygen atoms in total. The third-order valence-electron chi connectivity index (χ3n) is 3.21. The number of H-pyrrole nitrogens is 1. The van der Waals surface area contributed by atoms with Crippen molar-refractivity contribution in [2.24, 2.45) is 0 Å². The summed E-state index contributed by atoms with van der Waals surface area (Å²) in [6.45, 7) is 1.13. The molecule has 0 amide bonds. The molecular formula is C16H22N2O. The second-order valence-electron chi connectivity index (χ2n) is 5.06. The zero-order valence-electron chi connectivity index (χ0n) is 11.9. The van der Waals surface area contributed by atoms with E-state index in [4.69, 9.17) is 4.74 Å². The van der Waals surface area contributed by atoms with Gasteiger partial charge in [0.2, 0.25) is 0 Å². The first-order valence-corrected chi connectivity index (χ1v) is 6.65. The highest BCUT2D eigenvalue weighted by Gasteiger charge is 2.03. The topological polar surface area (TPSA) is 28.3 Å². The van der Waals surface area contributed by atoms with Crippen LogP contribution in [0.15, 0.2) is 36.5 Å². The Kier molecular flexibility index (Phi) is 4.63. The molecule has 0 saturated carbocycles. The van der Waals surface area contributed by atoms with Crippen molar-refractivity contribution >= 4 is 0 Å². The summed E-state index contributed by atoms with van der Waals surface area (Å²) in [6.07, 6.45) is 4.41. The Morgan fingerprint density at radius 2 is 1.89 bits per heavy atom. The molecule has 2 aromatic rings. The van der Waals surface area contributed by atoms with Gasteiger partial charge in [-0.1, -0.05) is 0 Å². The van der Waals surface area contributed by atoms with Crippen LogP contribution in [0.1, 0.15) is 12.0 Å². The molecule has 0 saturated heterocycles. The molecule has 0 aliphatic carbocycles. The van der Waals surface area contributed by atoms with Crippen molar-refractivity contribution in [2.45, 2.75) is 12.8 Å². The lowest BCUT2D eigenvalue weighted by atomic mass is 10.1. The van der Waals surface area contributed by atoms with Gasteiger partial charge in [-0.3, -0.25) is 0 Å². The maximum Gasteiger partial charge on any atom is 0.118 e. The van der Waals surface area contributed by atoms with Gasteiger partial charge in [-0.05, 0) is 74.9 Å². The number of rotatable bonds is 6. The summed E-state index contributed by atoms with van der Waals surface area (Å²) < 4.78 is 5.17. The van der Waals surface area contributed by atoms with Crippen LogP contribution in [0.2, 0.25) is 0 Å². The molecule has 0 spiro atoms. The van der Waals surface area contributed by atoms with E-state index in [1.54, 1.807) is 7.11 Å². The van der Waals surface area contributed by atoms with Crippen molar-refractivity contribution in [1.82, 2.24) is 9.88 Å². The van der Waals surface area contributed by atoms with Gasteiger partial charge < -0.3 is 14.6 Å². The number of methoxy groups -OCH3 is 1. The molecule has 0 aliphatic rings. The van der Waals surface area contributed by atoms with E-state index in [-0.39, 0.29) is 0 Å². The van der Waals surface area contributed by atoms with E-state index < -0.39 is 0 Å². The SMILES string of the molecule is COc1ccc(-c2cc(CCCN(C)C)c[nH]2)cc1. The van der Waals surface area contributed by atoms with Crippen molar-refractivity contribution < 1.29 is 4.74 Å². The molecule has 1 aromatic heterocycles. The number of aromatic amines is 1. The van der Waals surface area contributed by atoms with Crippen molar-refractivity contribution in [1.29, 1.82) is 0 Å². The minimum absolute atomic E-state index is 0.890. The molecule has 0 atom stereocenters. The Bertz CT molecular complexity index is 500. The van der Waals surface area contributed by atoms with Gasteiger partial charge in [0.25, 0.3) is 0 Å². The van der Waals surface area contributed by atoms with Gasteiger partial charge in [0.05, 0.1) is 7.11 Å². The first-order chi connectivity index (χ1) is 9.19. The molecule has 19 heavy (non-hydrogen) atoms. The predicted molar refractivity (Wildman–Crippen MR) is 79.7 cm³/mol. The molecule has 0 radical (unpaired) electrons. The summed E-state index contributed by atoms with van der Waals surface area (Å²) in [6, 6.07) is 10.4. The fourth-order valence-corrected chi connectivity index (χ4v) is 2.12. The van der Waals surface area contributed by atoms with E-state index in [0.29, 0.717) is 0 Å². The second kappa shape index (κ2) is 6.43. The molecule has 0 bridgehead atoms. The smallest absolute Gasteiger partial charge is 0.118 e. The number of benzene rings is 1. The largest absolute Gasteiger partial charge is 0.497 e. The Balaban J connectivity index is 1.99. The first-order valence-electron chi connectivity index (χ1n) is 6.65. The quantitative estimate of drug-likeness (QED) is 0.862. The highest BCUT2D eigenvalue weighted by atomic mass is 16.5. The maximum absolute atomic E-state index is 5.17. The van der Waals surface area contributed by atoms with Gasteiger partial charge >= 0.3 is 0 Å². The maximum atomic E-state index is 5.17. The first kappa shape index (κ1) is 13.7. The molecule has 0 fully saturated rings. The third kappa shape index (κ3) is 3.86. The number of ether oxygens (including phenoxy) is 1. The van der Waals surface area contributed by atoms with Gasteiger partial charge in [-0.15, -0.1) is 0 Å². The number of aromatic nitrogens is 1. The minimum atomic E-state index is 0.890. The van der Waals surface area contributed by atoms with E-state index in [1.807, 2.05) is 12.1 Å². The number of hydrogen-bond acceptors (Lipinski definition) is 2. The van der Waals surface area contributed by atoms with Crippen LogP contribution in [0.25, 0.3) is 11.3 Å². The van der Waals surface area contributed by atoms with Crippen molar-refractivity contribution in [3.63, 3.8) is 0 Å². The highest BCUT2D eigenvalue weighted by molar-refractivity contribution is 5.61. The van der Waals surface area contributed by atoms with E-state index in [0.717, 1.165) is 18.7 Å². The Morgan fingerprint density at radius 1 is 1.16 bits per heavy atom. The molecule has 3 heteroatoms. The fourth-order valence-electron chi connectivity index (χ4n) is 2.12. The number of nitrogens with zero attached hydrogens (tertiary/aromatic N) is 1. The molecular weight excluding hydrogens is 236 g/mol. The van der Waals surface area contributed by atoms with Crippen LogP contribution in [-0.2, 0) is 6.42 Å². The van der Waals surface area contributed by atoms with Crippen LogP contribution in [0.5, 0.6) is 5.75 Å². The Hall–Kier alpha value is -1.74. The van der Waals surface area contributed by atoms with Gasteiger partial charge in [0.15, 0.2) is 0 Å². The van der Waals surface area contributed by atoms with E-state index in [9.17, 15) is 0 Å². The summed E-state index contributed by atoms with van der Waals surface area (Å²) in [5.41, 5.74) is 3.73. The summed E-state index contributed by atoms with van der Waals surface area (Å²) in [7, 11) is 5.91. The number of nitrogens with one attached hydrogen (secondary N) is 1. The average Bonchev–Trinajstić information content (AvgIpc) is 2.87. The zero-order valence-corrected chi connectivity index (χ0v) is 11.9. The molecule has 1 heterocycles. The summed E-state index contributed by atoms with van der Waals surface area (Å²) in [5, 5.41) is 0. The van der Waals surface area contributed by atoms with Gasteiger partial charge in [-0.25, -0.2) is 0 Å².